The average Bonchev–Trinajstić information content (AvgIpc) is 3.10. The van der Waals surface area contributed by atoms with E-state index in [-0.39, 0.29) is 12.5 Å². The van der Waals surface area contributed by atoms with Gasteiger partial charge in [-0.1, -0.05) is 29.8 Å². The summed E-state index contributed by atoms with van der Waals surface area (Å²) in [6.07, 6.45) is 0. The molecule has 4 rings (SSSR count). The first-order valence-corrected chi connectivity index (χ1v) is 9.76. The van der Waals surface area contributed by atoms with Crippen LogP contribution < -0.4 is 14.9 Å². The van der Waals surface area contributed by atoms with E-state index in [1.54, 1.807) is 7.05 Å². The van der Waals surface area contributed by atoms with E-state index >= 15 is 0 Å². The van der Waals surface area contributed by atoms with Crippen LogP contribution in [0, 0.1) is 6.92 Å². The summed E-state index contributed by atoms with van der Waals surface area (Å²) in [5.74, 6) is 0.519. The molecule has 1 aromatic heterocycles. The largest absolute Gasteiger partial charge is 0.482 e. The van der Waals surface area contributed by atoms with E-state index < -0.39 is 0 Å². The average molecular weight is 392 g/mol. The van der Waals surface area contributed by atoms with E-state index in [9.17, 15) is 4.79 Å². The second-order valence-corrected chi connectivity index (χ2v) is 7.37. The fourth-order valence-corrected chi connectivity index (χ4v) is 3.79. The van der Waals surface area contributed by atoms with Crippen molar-refractivity contribution in [2.24, 2.45) is 10.1 Å². The number of hydrogen-bond acceptors (Lipinski definition) is 5. The van der Waals surface area contributed by atoms with Gasteiger partial charge in [0, 0.05) is 18.0 Å². The Kier molecular flexibility index (Phi) is 4.83. The van der Waals surface area contributed by atoms with Crippen LogP contribution in [0.4, 0.5) is 5.69 Å². The summed E-state index contributed by atoms with van der Waals surface area (Å²) in [5.41, 5.74) is 5.66. The molecule has 1 aliphatic heterocycles. The second kappa shape index (κ2) is 7.44. The van der Waals surface area contributed by atoms with Gasteiger partial charge in [-0.3, -0.25) is 9.79 Å². The number of aromatic nitrogens is 1. The molecular weight excluding hydrogens is 372 g/mol. The molecule has 1 aliphatic rings. The summed E-state index contributed by atoms with van der Waals surface area (Å²) in [4.78, 5) is 16.8. The third-order valence-corrected chi connectivity index (χ3v) is 5.41. The van der Waals surface area contributed by atoms with Crippen molar-refractivity contribution in [1.29, 1.82) is 0 Å². The predicted octanol–water partition coefficient (Wildman–Crippen LogP) is 3.66. The normalized spacial score (nSPS) is 14.5. The van der Waals surface area contributed by atoms with Crippen LogP contribution in [0.2, 0.25) is 0 Å². The molecule has 0 radical (unpaired) electrons. The fraction of sp³-hybridized carbons (Fsp3) is 0.190. The van der Waals surface area contributed by atoms with Crippen molar-refractivity contribution in [3.63, 3.8) is 0 Å². The molecule has 0 unspecified atom stereocenters. The van der Waals surface area contributed by atoms with Crippen LogP contribution in [0.1, 0.15) is 18.1 Å². The standard InChI is InChI=1S/C21H20N4O2S/c1-13-4-6-15(7-5-13)14(2)24-25-18(12-28-21(25)22-3)16-8-9-19-17(10-16)23-20(26)11-27-19/h4-10,12H,11H2,1-3H3,(H,23,26). The molecule has 0 saturated carbocycles. The van der Waals surface area contributed by atoms with E-state index in [0.29, 0.717) is 11.4 Å². The van der Waals surface area contributed by atoms with Crippen molar-refractivity contribution in [1.82, 2.24) is 4.68 Å². The van der Waals surface area contributed by atoms with Crippen LogP contribution in [0.25, 0.3) is 11.3 Å². The molecule has 1 N–H and O–H groups in total. The minimum atomic E-state index is -0.152. The van der Waals surface area contributed by atoms with Crippen LogP contribution >= 0.6 is 11.3 Å². The summed E-state index contributed by atoms with van der Waals surface area (Å²) >= 11 is 1.52. The van der Waals surface area contributed by atoms with Crippen molar-refractivity contribution in [2.75, 3.05) is 19.0 Å². The van der Waals surface area contributed by atoms with E-state index in [1.165, 1.54) is 16.9 Å². The second-order valence-electron chi connectivity index (χ2n) is 6.54. The van der Waals surface area contributed by atoms with Gasteiger partial charge in [0.1, 0.15) is 5.75 Å². The molecule has 28 heavy (non-hydrogen) atoms. The fourth-order valence-electron chi connectivity index (χ4n) is 2.99. The molecule has 3 aromatic rings. The molecule has 0 atom stereocenters. The SMILES string of the molecule is CN=c1scc(-c2ccc3c(c2)NC(=O)CO3)n1N=C(C)c1ccc(C)cc1. The number of carbonyl (C=O) groups excluding carboxylic acids is 1. The van der Waals surface area contributed by atoms with Crippen molar-refractivity contribution in [3.05, 3.63) is 63.8 Å². The highest BCUT2D eigenvalue weighted by atomic mass is 32.1. The van der Waals surface area contributed by atoms with Gasteiger partial charge in [0.15, 0.2) is 6.61 Å². The number of rotatable bonds is 3. The molecule has 2 heterocycles. The first kappa shape index (κ1) is 18.2. The van der Waals surface area contributed by atoms with Crippen molar-refractivity contribution in [2.45, 2.75) is 13.8 Å². The zero-order valence-corrected chi connectivity index (χ0v) is 16.7. The van der Waals surface area contributed by atoms with Crippen LogP contribution in [-0.4, -0.2) is 29.9 Å². The number of anilines is 1. The molecule has 0 aliphatic carbocycles. The van der Waals surface area contributed by atoms with E-state index in [2.05, 4.69) is 41.5 Å². The number of ether oxygens (including phenoxy) is 1. The number of benzene rings is 2. The Morgan fingerprint density at radius 2 is 2.00 bits per heavy atom. The van der Waals surface area contributed by atoms with Crippen LogP contribution in [0.3, 0.4) is 0 Å². The lowest BCUT2D eigenvalue weighted by Crippen LogP contribution is -2.25. The lowest BCUT2D eigenvalue weighted by molar-refractivity contribution is -0.118. The number of thiazole rings is 1. The van der Waals surface area contributed by atoms with Gasteiger partial charge in [0.25, 0.3) is 5.91 Å². The molecular formula is C21H20N4O2S. The molecule has 0 fully saturated rings. The van der Waals surface area contributed by atoms with E-state index in [0.717, 1.165) is 27.3 Å². The summed E-state index contributed by atoms with van der Waals surface area (Å²) in [7, 11) is 1.75. The Morgan fingerprint density at radius 3 is 2.75 bits per heavy atom. The molecule has 6 nitrogen and oxygen atoms in total. The molecule has 142 valence electrons. The first-order chi connectivity index (χ1) is 13.5. The molecule has 1 amide bonds. The number of nitrogens with zero attached hydrogens (tertiary/aromatic N) is 3. The van der Waals surface area contributed by atoms with Gasteiger partial charge >= 0.3 is 0 Å². The highest BCUT2D eigenvalue weighted by Gasteiger charge is 2.18. The zero-order chi connectivity index (χ0) is 19.7. The molecule has 0 spiro atoms. The Hall–Kier alpha value is -3.19. The van der Waals surface area contributed by atoms with Gasteiger partial charge in [-0.05, 0) is 37.6 Å². The third kappa shape index (κ3) is 3.48. The van der Waals surface area contributed by atoms with Gasteiger partial charge in [-0.15, -0.1) is 11.3 Å². The lowest BCUT2D eigenvalue weighted by atomic mass is 10.1. The molecule has 0 saturated heterocycles. The number of aryl methyl sites for hydroxylation is 1. The van der Waals surface area contributed by atoms with Crippen molar-refractivity contribution >= 4 is 28.6 Å². The van der Waals surface area contributed by atoms with Crippen LogP contribution in [0.15, 0.2) is 57.9 Å². The zero-order valence-electron chi connectivity index (χ0n) is 15.9. The van der Waals surface area contributed by atoms with E-state index in [1.807, 2.05) is 35.2 Å². The van der Waals surface area contributed by atoms with Gasteiger partial charge in [0.05, 0.1) is 17.1 Å². The maximum atomic E-state index is 11.6. The van der Waals surface area contributed by atoms with Gasteiger partial charge < -0.3 is 10.1 Å². The smallest absolute Gasteiger partial charge is 0.262 e. The van der Waals surface area contributed by atoms with Gasteiger partial charge in [-0.2, -0.15) is 5.10 Å². The Labute approximate surface area is 166 Å². The number of fused-ring (bicyclic) bond motifs is 1. The van der Waals surface area contributed by atoms with Crippen molar-refractivity contribution in [3.8, 4) is 17.0 Å². The lowest BCUT2D eigenvalue weighted by Gasteiger charge is -2.18. The molecule has 2 aromatic carbocycles. The summed E-state index contributed by atoms with van der Waals surface area (Å²) in [6.45, 7) is 4.10. The summed E-state index contributed by atoms with van der Waals surface area (Å²) < 4.78 is 7.29. The highest BCUT2D eigenvalue weighted by Crippen LogP contribution is 2.32. The van der Waals surface area contributed by atoms with E-state index in [4.69, 9.17) is 9.84 Å². The first-order valence-electron chi connectivity index (χ1n) is 8.88. The minimum absolute atomic E-state index is 0.0453. The number of amides is 1. The quantitative estimate of drug-likeness (QED) is 0.691. The molecule has 0 bridgehead atoms. The highest BCUT2D eigenvalue weighted by molar-refractivity contribution is 7.07. The van der Waals surface area contributed by atoms with Gasteiger partial charge in [0.2, 0.25) is 4.80 Å². The summed E-state index contributed by atoms with van der Waals surface area (Å²) in [6, 6.07) is 14.0. The monoisotopic (exact) mass is 392 g/mol. The predicted molar refractivity (Wildman–Crippen MR) is 112 cm³/mol. The number of carbonyl (C=O) groups is 1. The Balaban J connectivity index is 1.79. The van der Waals surface area contributed by atoms with Crippen LogP contribution in [0.5, 0.6) is 5.75 Å². The maximum Gasteiger partial charge on any atom is 0.262 e. The minimum Gasteiger partial charge on any atom is -0.482 e. The topological polar surface area (TPSA) is 68.0 Å². The van der Waals surface area contributed by atoms with Crippen molar-refractivity contribution < 1.29 is 9.53 Å². The third-order valence-electron chi connectivity index (χ3n) is 4.50. The Morgan fingerprint density at radius 1 is 1.21 bits per heavy atom. The summed E-state index contributed by atoms with van der Waals surface area (Å²) in [5, 5.41) is 9.69. The Bertz CT molecular complexity index is 1140. The number of nitrogens with one attached hydrogen (secondary N) is 1. The number of hydrogen-bond donors (Lipinski definition) is 1. The van der Waals surface area contributed by atoms with Crippen LogP contribution in [-0.2, 0) is 4.79 Å². The molecule has 7 heteroatoms. The van der Waals surface area contributed by atoms with Gasteiger partial charge in [-0.25, -0.2) is 4.68 Å². The maximum absolute atomic E-state index is 11.6.